The van der Waals surface area contributed by atoms with Crippen LogP contribution in [0.3, 0.4) is 0 Å². The normalized spacial score (nSPS) is 20.8. The fourth-order valence-electron chi connectivity index (χ4n) is 3.93. The summed E-state index contributed by atoms with van der Waals surface area (Å²) in [5, 5.41) is 7.12. The molecule has 2 aliphatic heterocycles. The van der Waals surface area contributed by atoms with Gasteiger partial charge in [0, 0.05) is 49.8 Å². The van der Waals surface area contributed by atoms with Crippen LogP contribution in [0, 0.1) is 0 Å². The van der Waals surface area contributed by atoms with Gasteiger partial charge in [-0.05, 0) is 50.5 Å². The van der Waals surface area contributed by atoms with Crippen LogP contribution in [0.4, 0.5) is 5.82 Å². The first-order valence-corrected chi connectivity index (χ1v) is 11.7. The number of pyridine rings is 1. The highest BCUT2D eigenvalue weighted by Gasteiger charge is 2.32. The molecule has 0 bridgehead atoms. The summed E-state index contributed by atoms with van der Waals surface area (Å²) in [6, 6.07) is 6.59. The molecular weight excluding hydrogens is 370 g/mol. The van der Waals surface area contributed by atoms with Gasteiger partial charge < -0.3 is 20.3 Å². The number of anilines is 1. The first-order valence-electron chi connectivity index (χ1n) is 10.7. The van der Waals surface area contributed by atoms with Gasteiger partial charge in [-0.2, -0.15) is 11.8 Å². The Morgan fingerprint density at radius 1 is 1.29 bits per heavy atom. The topological polar surface area (TPSA) is 61.8 Å². The van der Waals surface area contributed by atoms with Crippen molar-refractivity contribution in [2.75, 3.05) is 50.0 Å². The SMILES string of the molecule is CCNC(=NCC1(SCC)CCOCC1)NC1CCN(c2ccccn2)CC1. The highest BCUT2D eigenvalue weighted by Crippen LogP contribution is 2.35. The minimum absolute atomic E-state index is 0.234. The lowest BCUT2D eigenvalue weighted by atomic mass is 9.99. The zero-order valence-electron chi connectivity index (χ0n) is 17.3. The number of nitrogens with zero attached hydrogens (tertiary/aromatic N) is 3. The van der Waals surface area contributed by atoms with Crippen LogP contribution in [-0.2, 0) is 4.74 Å². The fourth-order valence-corrected chi connectivity index (χ4v) is 5.15. The molecule has 2 N–H and O–H groups in total. The molecule has 0 aromatic carbocycles. The predicted octanol–water partition coefficient (Wildman–Crippen LogP) is 2.91. The summed E-state index contributed by atoms with van der Waals surface area (Å²) in [4.78, 5) is 11.8. The van der Waals surface area contributed by atoms with Crippen molar-refractivity contribution in [2.45, 2.75) is 50.3 Å². The maximum absolute atomic E-state index is 5.59. The molecule has 6 nitrogen and oxygen atoms in total. The number of thioether (sulfide) groups is 1. The van der Waals surface area contributed by atoms with Gasteiger partial charge in [-0.25, -0.2) is 4.98 Å². The van der Waals surface area contributed by atoms with E-state index in [1.807, 2.05) is 24.0 Å². The average molecular weight is 406 g/mol. The van der Waals surface area contributed by atoms with Gasteiger partial charge >= 0.3 is 0 Å². The predicted molar refractivity (Wildman–Crippen MR) is 120 cm³/mol. The highest BCUT2D eigenvalue weighted by molar-refractivity contribution is 8.00. The molecule has 0 saturated carbocycles. The van der Waals surface area contributed by atoms with Crippen molar-refractivity contribution >= 4 is 23.5 Å². The number of aromatic nitrogens is 1. The van der Waals surface area contributed by atoms with E-state index in [-0.39, 0.29) is 4.75 Å². The lowest BCUT2D eigenvalue weighted by Gasteiger charge is -2.36. The molecule has 0 atom stereocenters. The maximum Gasteiger partial charge on any atom is 0.191 e. The number of nitrogens with one attached hydrogen (secondary N) is 2. The Kier molecular flexibility index (Phi) is 8.27. The molecule has 0 radical (unpaired) electrons. The summed E-state index contributed by atoms with van der Waals surface area (Å²) in [5.41, 5.74) is 0. The van der Waals surface area contributed by atoms with E-state index in [4.69, 9.17) is 9.73 Å². The largest absolute Gasteiger partial charge is 0.381 e. The summed E-state index contributed by atoms with van der Waals surface area (Å²) < 4.78 is 5.82. The lowest BCUT2D eigenvalue weighted by molar-refractivity contribution is 0.0793. The zero-order chi connectivity index (χ0) is 19.7. The molecule has 0 aliphatic carbocycles. The van der Waals surface area contributed by atoms with Crippen LogP contribution in [0.2, 0.25) is 0 Å². The van der Waals surface area contributed by atoms with Crippen LogP contribution in [0.5, 0.6) is 0 Å². The minimum Gasteiger partial charge on any atom is -0.381 e. The number of rotatable bonds is 7. The van der Waals surface area contributed by atoms with Gasteiger partial charge in [-0.3, -0.25) is 4.99 Å². The molecule has 1 aromatic heterocycles. The van der Waals surface area contributed by atoms with Crippen LogP contribution in [0.25, 0.3) is 0 Å². The Bertz CT molecular complexity index is 593. The molecule has 0 spiro atoms. The van der Waals surface area contributed by atoms with E-state index in [0.29, 0.717) is 6.04 Å². The van der Waals surface area contributed by atoms with Crippen molar-refractivity contribution < 1.29 is 4.74 Å². The molecule has 28 heavy (non-hydrogen) atoms. The third-order valence-electron chi connectivity index (χ3n) is 5.53. The summed E-state index contributed by atoms with van der Waals surface area (Å²) in [7, 11) is 0. The summed E-state index contributed by atoms with van der Waals surface area (Å²) in [5.74, 6) is 3.17. The Balaban J connectivity index is 1.55. The number of piperidine rings is 1. The van der Waals surface area contributed by atoms with Crippen LogP contribution < -0.4 is 15.5 Å². The second-order valence-electron chi connectivity index (χ2n) is 7.52. The van der Waals surface area contributed by atoms with Crippen LogP contribution >= 0.6 is 11.8 Å². The third kappa shape index (κ3) is 6.01. The number of aliphatic imine (C=N–C) groups is 1. The molecular formula is C21H35N5OS. The van der Waals surface area contributed by atoms with Crippen molar-refractivity contribution in [1.82, 2.24) is 15.6 Å². The van der Waals surface area contributed by atoms with E-state index in [2.05, 4.69) is 46.5 Å². The van der Waals surface area contributed by atoms with Crippen LogP contribution in [0.15, 0.2) is 29.4 Å². The van der Waals surface area contributed by atoms with Crippen molar-refractivity contribution in [3.63, 3.8) is 0 Å². The summed E-state index contributed by atoms with van der Waals surface area (Å²) >= 11 is 2.05. The van der Waals surface area contributed by atoms with Gasteiger partial charge in [0.2, 0.25) is 0 Å². The number of hydrogen-bond acceptors (Lipinski definition) is 5. The van der Waals surface area contributed by atoms with Crippen molar-refractivity contribution in [3.8, 4) is 0 Å². The molecule has 2 aliphatic rings. The number of ether oxygens (including phenoxy) is 1. The molecule has 3 heterocycles. The molecule has 3 rings (SSSR count). The maximum atomic E-state index is 5.59. The van der Waals surface area contributed by atoms with E-state index >= 15 is 0 Å². The zero-order valence-corrected chi connectivity index (χ0v) is 18.1. The van der Waals surface area contributed by atoms with Crippen LogP contribution in [-0.4, -0.2) is 66.9 Å². The molecule has 2 fully saturated rings. The molecule has 0 unspecified atom stereocenters. The molecule has 0 amide bonds. The number of guanidine groups is 1. The van der Waals surface area contributed by atoms with Gasteiger partial charge in [-0.1, -0.05) is 13.0 Å². The molecule has 2 saturated heterocycles. The van der Waals surface area contributed by atoms with Gasteiger partial charge in [0.1, 0.15) is 5.82 Å². The summed E-state index contributed by atoms with van der Waals surface area (Å²) in [6.07, 6.45) is 6.26. The lowest BCUT2D eigenvalue weighted by Crippen LogP contribution is -2.49. The van der Waals surface area contributed by atoms with E-state index in [1.165, 1.54) is 0 Å². The molecule has 156 valence electrons. The monoisotopic (exact) mass is 405 g/mol. The Morgan fingerprint density at radius 3 is 2.71 bits per heavy atom. The highest BCUT2D eigenvalue weighted by atomic mass is 32.2. The second-order valence-corrected chi connectivity index (χ2v) is 9.25. The van der Waals surface area contributed by atoms with Crippen molar-refractivity contribution in [2.24, 2.45) is 4.99 Å². The van der Waals surface area contributed by atoms with E-state index in [0.717, 1.165) is 82.6 Å². The summed E-state index contributed by atoms with van der Waals surface area (Å²) in [6.45, 7) is 9.89. The van der Waals surface area contributed by atoms with Crippen LogP contribution in [0.1, 0.15) is 39.5 Å². The Hall–Kier alpha value is -1.47. The average Bonchev–Trinajstić information content (AvgIpc) is 2.74. The fraction of sp³-hybridized carbons (Fsp3) is 0.714. The van der Waals surface area contributed by atoms with E-state index in [1.54, 1.807) is 0 Å². The standard InChI is InChI=1S/C21H35N5OS/c1-3-22-20(24-17-21(28-4-2)10-15-27-16-11-21)25-18-8-13-26(14-9-18)19-7-5-6-12-23-19/h5-7,12,18H,3-4,8-11,13-17H2,1-2H3,(H2,22,24,25). The Morgan fingerprint density at radius 2 is 2.07 bits per heavy atom. The minimum atomic E-state index is 0.234. The molecule has 1 aromatic rings. The van der Waals surface area contributed by atoms with Crippen molar-refractivity contribution in [3.05, 3.63) is 24.4 Å². The second kappa shape index (κ2) is 10.9. The first kappa shape index (κ1) is 21.2. The van der Waals surface area contributed by atoms with Crippen molar-refractivity contribution in [1.29, 1.82) is 0 Å². The van der Waals surface area contributed by atoms with E-state index < -0.39 is 0 Å². The molecule has 7 heteroatoms. The smallest absolute Gasteiger partial charge is 0.191 e. The Labute approximate surface area is 173 Å². The number of hydrogen-bond donors (Lipinski definition) is 2. The van der Waals surface area contributed by atoms with Gasteiger partial charge in [-0.15, -0.1) is 0 Å². The van der Waals surface area contributed by atoms with Gasteiger partial charge in [0.05, 0.1) is 6.54 Å². The van der Waals surface area contributed by atoms with Gasteiger partial charge in [0.25, 0.3) is 0 Å². The first-order chi connectivity index (χ1) is 13.7. The quantitative estimate of drug-likeness (QED) is 0.537. The third-order valence-corrected chi connectivity index (χ3v) is 6.97. The van der Waals surface area contributed by atoms with E-state index in [9.17, 15) is 0 Å². The van der Waals surface area contributed by atoms with Gasteiger partial charge in [0.15, 0.2) is 5.96 Å².